The van der Waals surface area contributed by atoms with Gasteiger partial charge in [0.1, 0.15) is 11.5 Å². The Bertz CT molecular complexity index is 1080. The molecule has 1 atom stereocenters. The van der Waals surface area contributed by atoms with E-state index in [0.717, 1.165) is 24.1 Å². The molecule has 1 amide bonds. The summed E-state index contributed by atoms with van der Waals surface area (Å²) in [4.78, 5) is 14.4. The maximum Gasteiger partial charge on any atom is 0.241 e. The molecule has 2 aromatic carbocycles. The molecule has 30 heavy (non-hydrogen) atoms. The first-order valence-corrected chi connectivity index (χ1v) is 11.5. The van der Waals surface area contributed by atoms with Crippen LogP contribution in [0.1, 0.15) is 36.9 Å². The van der Waals surface area contributed by atoms with Crippen molar-refractivity contribution in [3.05, 3.63) is 47.5 Å². The van der Waals surface area contributed by atoms with Crippen LogP contribution in [0.2, 0.25) is 0 Å². The maximum absolute atomic E-state index is 13.0. The summed E-state index contributed by atoms with van der Waals surface area (Å²) in [5.41, 5.74) is 2.40. The van der Waals surface area contributed by atoms with Gasteiger partial charge in [-0.05, 0) is 68.1 Å². The second-order valence-corrected chi connectivity index (χ2v) is 9.47. The average Bonchev–Trinajstić information content (AvgIpc) is 3.51. The van der Waals surface area contributed by atoms with Crippen molar-refractivity contribution in [2.75, 3.05) is 25.7 Å². The standard InChI is InChI=1S/C22H26N2O5S/c1-14(19-13-17(28-2)6-9-21(19)29-3)23-30(26,27)18-7-8-20-16(12-18)10-11-24(20)22(25)15-4-5-15/h6-9,12-15,23H,4-5,10-11H2,1-3H3/t14-/m1/s1. The van der Waals surface area contributed by atoms with E-state index in [1.54, 1.807) is 62.4 Å². The highest BCUT2D eigenvalue weighted by Crippen LogP contribution is 2.37. The normalized spacial score (nSPS) is 16.8. The van der Waals surface area contributed by atoms with E-state index in [0.29, 0.717) is 30.0 Å². The lowest BCUT2D eigenvalue weighted by Gasteiger charge is -2.19. The first kappa shape index (κ1) is 20.7. The molecule has 1 fully saturated rings. The van der Waals surface area contributed by atoms with E-state index in [9.17, 15) is 13.2 Å². The molecule has 2 aromatic rings. The van der Waals surface area contributed by atoms with E-state index < -0.39 is 16.1 Å². The van der Waals surface area contributed by atoms with Crippen LogP contribution >= 0.6 is 0 Å². The Balaban J connectivity index is 1.57. The van der Waals surface area contributed by atoms with Crippen molar-refractivity contribution in [3.8, 4) is 11.5 Å². The summed E-state index contributed by atoms with van der Waals surface area (Å²) >= 11 is 0. The van der Waals surface area contributed by atoms with Crippen LogP contribution in [0.15, 0.2) is 41.3 Å². The Kier molecular flexibility index (Phi) is 5.46. The summed E-state index contributed by atoms with van der Waals surface area (Å²) < 4.78 is 39.4. The van der Waals surface area contributed by atoms with Gasteiger partial charge >= 0.3 is 0 Å². The van der Waals surface area contributed by atoms with Gasteiger partial charge in [0.2, 0.25) is 15.9 Å². The number of ether oxygens (including phenoxy) is 2. The van der Waals surface area contributed by atoms with Gasteiger partial charge in [-0.15, -0.1) is 0 Å². The largest absolute Gasteiger partial charge is 0.497 e. The van der Waals surface area contributed by atoms with Gasteiger partial charge in [0.05, 0.1) is 19.1 Å². The second-order valence-electron chi connectivity index (χ2n) is 7.76. The van der Waals surface area contributed by atoms with Gasteiger partial charge in [-0.25, -0.2) is 13.1 Å². The van der Waals surface area contributed by atoms with E-state index >= 15 is 0 Å². The first-order chi connectivity index (χ1) is 14.3. The Labute approximate surface area is 177 Å². The molecule has 0 unspecified atom stereocenters. The van der Waals surface area contributed by atoms with Crippen LogP contribution in [-0.2, 0) is 21.2 Å². The van der Waals surface area contributed by atoms with Gasteiger partial charge in [-0.1, -0.05) is 0 Å². The quantitative estimate of drug-likeness (QED) is 0.730. The zero-order valence-corrected chi connectivity index (χ0v) is 18.2. The number of carbonyl (C=O) groups is 1. The molecule has 1 saturated carbocycles. The lowest BCUT2D eigenvalue weighted by molar-refractivity contribution is -0.119. The Morgan fingerprint density at radius 3 is 2.57 bits per heavy atom. The van der Waals surface area contributed by atoms with Crippen molar-refractivity contribution in [2.45, 2.75) is 37.1 Å². The molecule has 0 radical (unpaired) electrons. The second kappa shape index (κ2) is 7.92. The number of methoxy groups -OCH3 is 2. The average molecular weight is 431 g/mol. The minimum absolute atomic E-state index is 0.139. The monoisotopic (exact) mass is 430 g/mol. The summed E-state index contributed by atoms with van der Waals surface area (Å²) in [6.45, 7) is 2.37. The first-order valence-electron chi connectivity index (χ1n) is 10.0. The Morgan fingerprint density at radius 1 is 1.13 bits per heavy atom. The molecule has 0 aromatic heterocycles. The zero-order chi connectivity index (χ0) is 21.5. The molecule has 0 spiro atoms. The van der Waals surface area contributed by atoms with Gasteiger partial charge in [-0.2, -0.15) is 0 Å². The highest BCUT2D eigenvalue weighted by atomic mass is 32.2. The zero-order valence-electron chi connectivity index (χ0n) is 17.3. The van der Waals surface area contributed by atoms with Gasteiger partial charge in [0.25, 0.3) is 0 Å². The fourth-order valence-electron chi connectivity index (χ4n) is 3.87. The van der Waals surface area contributed by atoms with Gasteiger partial charge in [0, 0.05) is 29.8 Å². The van der Waals surface area contributed by atoms with Crippen LogP contribution in [0, 0.1) is 5.92 Å². The molecule has 1 N–H and O–H groups in total. The number of amides is 1. The van der Waals surface area contributed by atoms with E-state index in [1.165, 1.54) is 0 Å². The number of benzene rings is 2. The van der Waals surface area contributed by atoms with Crippen LogP contribution in [0.3, 0.4) is 0 Å². The van der Waals surface area contributed by atoms with E-state index in [1.807, 2.05) is 0 Å². The number of carbonyl (C=O) groups excluding carboxylic acids is 1. The van der Waals surface area contributed by atoms with Gasteiger partial charge in [0.15, 0.2) is 0 Å². The minimum Gasteiger partial charge on any atom is -0.497 e. The van der Waals surface area contributed by atoms with Gasteiger partial charge in [-0.3, -0.25) is 4.79 Å². The molecule has 7 nitrogen and oxygen atoms in total. The summed E-state index contributed by atoms with van der Waals surface area (Å²) in [5.74, 6) is 1.49. The van der Waals surface area contributed by atoms with E-state index in [-0.39, 0.29) is 16.7 Å². The third kappa shape index (κ3) is 3.89. The van der Waals surface area contributed by atoms with Gasteiger partial charge < -0.3 is 14.4 Å². The summed E-state index contributed by atoms with van der Waals surface area (Å²) in [7, 11) is -0.664. The van der Waals surface area contributed by atoms with Crippen molar-refractivity contribution in [1.29, 1.82) is 0 Å². The molecule has 0 saturated heterocycles. The molecular weight excluding hydrogens is 404 g/mol. The van der Waals surface area contributed by atoms with Crippen molar-refractivity contribution in [2.24, 2.45) is 5.92 Å². The highest BCUT2D eigenvalue weighted by Gasteiger charge is 2.36. The molecule has 2 aliphatic rings. The Morgan fingerprint density at radius 2 is 1.90 bits per heavy atom. The number of anilines is 1. The van der Waals surface area contributed by atoms with Crippen LogP contribution in [0.25, 0.3) is 0 Å². The van der Waals surface area contributed by atoms with Crippen LogP contribution in [-0.4, -0.2) is 35.1 Å². The lowest BCUT2D eigenvalue weighted by Crippen LogP contribution is -2.30. The number of hydrogen-bond donors (Lipinski definition) is 1. The number of nitrogens with zero attached hydrogens (tertiary/aromatic N) is 1. The van der Waals surface area contributed by atoms with Crippen molar-refractivity contribution in [1.82, 2.24) is 4.72 Å². The molecular formula is C22H26N2O5S. The van der Waals surface area contributed by atoms with Crippen molar-refractivity contribution < 1.29 is 22.7 Å². The van der Waals surface area contributed by atoms with Crippen molar-refractivity contribution in [3.63, 3.8) is 0 Å². The van der Waals surface area contributed by atoms with Crippen LogP contribution in [0.5, 0.6) is 11.5 Å². The fourth-order valence-corrected chi connectivity index (χ4v) is 5.14. The SMILES string of the molecule is COc1ccc(OC)c([C@@H](C)NS(=O)(=O)c2ccc3c(c2)CCN3C(=O)C2CC2)c1. The molecule has 4 rings (SSSR count). The molecule has 1 aliphatic heterocycles. The van der Waals surface area contributed by atoms with E-state index in [4.69, 9.17) is 9.47 Å². The maximum atomic E-state index is 13.0. The topological polar surface area (TPSA) is 84.9 Å². The number of nitrogens with one attached hydrogen (secondary N) is 1. The Hall–Kier alpha value is -2.58. The molecule has 0 bridgehead atoms. The third-order valence-electron chi connectivity index (χ3n) is 5.68. The predicted octanol–water partition coefficient (Wildman–Crippen LogP) is 3.04. The molecule has 1 heterocycles. The number of sulfonamides is 1. The fraction of sp³-hybridized carbons (Fsp3) is 0.409. The summed E-state index contributed by atoms with van der Waals surface area (Å²) in [5, 5.41) is 0. The van der Waals surface area contributed by atoms with E-state index in [2.05, 4.69) is 4.72 Å². The number of fused-ring (bicyclic) bond motifs is 1. The minimum atomic E-state index is -3.77. The molecule has 160 valence electrons. The smallest absolute Gasteiger partial charge is 0.241 e. The van der Waals surface area contributed by atoms with Crippen molar-refractivity contribution >= 4 is 21.6 Å². The molecule has 8 heteroatoms. The summed E-state index contributed by atoms with van der Waals surface area (Å²) in [6, 6.07) is 9.73. The number of rotatable bonds is 7. The number of hydrogen-bond acceptors (Lipinski definition) is 5. The third-order valence-corrected chi connectivity index (χ3v) is 7.22. The summed E-state index contributed by atoms with van der Waals surface area (Å²) in [6.07, 6.45) is 2.57. The van der Waals surface area contributed by atoms with Crippen LogP contribution < -0.4 is 19.1 Å². The highest BCUT2D eigenvalue weighted by molar-refractivity contribution is 7.89. The molecule has 1 aliphatic carbocycles. The van der Waals surface area contributed by atoms with Crippen LogP contribution in [0.4, 0.5) is 5.69 Å². The predicted molar refractivity (Wildman–Crippen MR) is 114 cm³/mol. The lowest BCUT2D eigenvalue weighted by atomic mass is 10.1.